The van der Waals surface area contributed by atoms with Crippen LogP contribution in [0.3, 0.4) is 0 Å². The number of hydrogen-bond donors (Lipinski definition) is 1. The van der Waals surface area contributed by atoms with Crippen LogP contribution in [0.2, 0.25) is 0 Å². The molecule has 0 radical (unpaired) electrons. The molecule has 0 bridgehead atoms. The summed E-state index contributed by atoms with van der Waals surface area (Å²) in [5, 5.41) is 20.7. The summed E-state index contributed by atoms with van der Waals surface area (Å²) >= 11 is 0. The Kier molecular flexibility index (Phi) is 6.46. The van der Waals surface area contributed by atoms with Crippen molar-refractivity contribution in [1.82, 2.24) is 0 Å². The highest BCUT2D eigenvalue weighted by Crippen LogP contribution is 2.29. The van der Waals surface area contributed by atoms with Crippen LogP contribution in [-0.2, 0) is 15.5 Å². The van der Waals surface area contributed by atoms with Crippen LogP contribution in [0.15, 0.2) is 46.2 Å². The van der Waals surface area contributed by atoms with E-state index in [1.54, 1.807) is 6.92 Å². The minimum Gasteiger partial charge on any atom is -0.507 e. The van der Waals surface area contributed by atoms with Gasteiger partial charge in [0, 0.05) is 21.9 Å². The molecule has 0 saturated heterocycles. The third kappa shape index (κ3) is 4.26. The first-order chi connectivity index (χ1) is 12.4. The molecule has 26 heavy (non-hydrogen) atoms. The molecule has 0 aliphatic heterocycles. The molecule has 0 aliphatic rings. The number of carbonyl (C=O) groups excluding carboxylic acids is 1. The number of nitrogens with zero attached hydrogens (tertiary/aromatic N) is 1. The number of ether oxygens (including phenoxy) is 1. The fourth-order valence-corrected chi connectivity index (χ4v) is 3.55. The third-order valence-electron chi connectivity index (χ3n) is 3.79. The molecule has 1 unspecified atom stereocenters. The molecule has 0 spiro atoms. The van der Waals surface area contributed by atoms with E-state index in [4.69, 9.17) is 4.74 Å². The standard InChI is InChI=1S/C18H19NO6S/c1-3-4-11-25-18(21)17-12(2)16(10-9-15(17)20)26(24)14-7-5-13(6-8-14)19(22)23/h5-10,20H,3-4,11H2,1-2H3. The van der Waals surface area contributed by atoms with Crippen molar-refractivity contribution < 1.29 is 23.8 Å². The first kappa shape index (κ1) is 19.6. The lowest BCUT2D eigenvalue weighted by Crippen LogP contribution is -2.10. The monoisotopic (exact) mass is 377 g/mol. The van der Waals surface area contributed by atoms with Crippen molar-refractivity contribution in [2.75, 3.05) is 6.61 Å². The number of phenols is 1. The second-order valence-electron chi connectivity index (χ2n) is 5.59. The van der Waals surface area contributed by atoms with Gasteiger partial charge in [-0.3, -0.25) is 10.1 Å². The molecule has 0 fully saturated rings. The Morgan fingerprint density at radius 1 is 1.23 bits per heavy atom. The van der Waals surface area contributed by atoms with E-state index in [1.807, 2.05) is 6.92 Å². The molecule has 2 aromatic rings. The number of phenolic OH excluding ortho intramolecular Hbond substituents is 1. The molecule has 0 aliphatic carbocycles. The number of rotatable bonds is 7. The molecule has 0 heterocycles. The van der Waals surface area contributed by atoms with E-state index in [0.29, 0.717) is 21.8 Å². The summed E-state index contributed by atoms with van der Waals surface area (Å²) in [5.74, 6) is -0.913. The van der Waals surface area contributed by atoms with Gasteiger partial charge in [-0.05, 0) is 43.2 Å². The van der Waals surface area contributed by atoms with Crippen LogP contribution in [-0.4, -0.2) is 26.8 Å². The van der Waals surface area contributed by atoms with Crippen molar-refractivity contribution in [2.45, 2.75) is 36.5 Å². The van der Waals surface area contributed by atoms with E-state index >= 15 is 0 Å². The van der Waals surface area contributed by atoms with Crippen molar-refractivity contribution in [3.05, 3.63) is 57.6 Å². The fraction of sp³-hybridized carbons (Fsp3) is 0.278. The van der Waals surface area contributed by atoms with Gasteiger partial charge < -0.3 is 9.84 Å². The zero-order valence-corrected chi connectivity index (χ0v) is 15.2. The molecule has 0 amide bonds. The lowest BCUT2D eigenvalue weighted by atomic mass is 10.1. The number of esters is 1. The Bertz CT molecular complexity index is 848. The number of aromatic hydroxyl groups is 1. The Morgan fingerprint density at radius 3 is 2.46 bits per heavy atom. The number of benzene rings is 2. The summed E-state index contributed by atoms with van der Waals surface area (Å²) in [6.07, 6.45) is 1.57. The predicted octanol–water partition coefficient (Wildman–Crippen LogP) is 3.73. The van der Waals surface area contributed by atoms with Gasteiger partial charge in [-0.2, -0.15) is 0 Å². The number of nitro groups is 1. The van der Waals surface area contributed by atoms with Crippen LogP contribution in [0, 0.1) is 17.0 Å². The fourth-order valence-electron chi connectivity index (χ4n) is 2.34. The molecule has 7 nitrogen and oxygen atoms in total. The molecule has 2 aromatic carbocycles. The van der Waals surface area contributed by atoms with E-state index in [9.17, 15) is 24.2 Å². The lowest BCUT2D eigenvalue weighted by molar-refractivity contribution is -0.384. The highest BCUT2D eigenvalue weighted by Gasteiger charge is 2.21. The molecule has 8 heteroatoms. The Balaban J connectivity index is 2.34. The number of carbonyl (C=O) groups is 1. The maximum absolute atomic E-state index is 12.8. The van der Waals surface area contributed by atoms with Crippen molar-refractivity contribution in [3.63, 3.8) is 0 Å². The maximum Gasteiger partial charge on any atom is 0.342 e. The second-order valence-corrected chi connectivity index (χ2v) is 7.04. The largest absolute Gasteiger partial charge is 0.507 e. The second kappa shape index (κ2) is 8.57. The Morgan fingerprint density at radius 2 is 1.88 bits per heavy atom. The van der Waals surface area contributed by atoms with E-state index in [0.717, 1.165) is 6.42 Å². The quantitative estimate of drug-likeness (QED) is 0.341. The van der Waals surface area contributed by atoms with Crippen LogP contribution in [0.1, 0.15) is 35.7 Å². The van der Waals surface area contributed by atoms with Crippen molar-refractivity contribution in [1.29, 1.82) is 0 Å². The highest BCUT2D eigenvalue weighted by atomic mass is 32.2. The summed E-state index contributed by atoms with van der Waals surface area (Å²) in [7, 11) is -1.66. The van der Waals surface area contributed by atoms with E-state index in [2.05, 4.69) is 0 Å². The van der Waals surface area contributed by atoms with Crippen LogP contribution in [0.25, 0.3) is 0 Å². The number of non-ortho nitro benzene ring substituents is 1. The van der Waals surface area contributed by atoms with Crippen LogP contribution in [0.5, 0.6) is 5.75 Å². The van der Waals surface area contributed by atoms with Crippen LogP contribution >= 0.6 is 0 Å². The maximum atomic E-state index is 12.8. The molecule has 2 rings (SSSR count). The average molecular weight is 377 g/mol. The topological polar surface area (TPSA) is 107 Å². The van der Waals surface area contributed by atoms with Gasteiger partial charge >= 0.3 is 5.97 Å². The average Bonchev–Trinajstić information content (AvgIpc) is 2.61. The number of unbranched alkanes of at least 4 members (excludes halogenated alkanes) is 1. The smallest absolute Gasteiger partial charge is 0.342 e. The molecule has 1 N–H and O–H groups in total. The van der Waals surface area contributed by atoms with Gasteiger partial charge in [0.15, 0.2) is 0 Å². The van der Waals surface area contributed by atoms with Crippen LogP contribution < -0.4 is 0 Å². The van der Waals surface area contributed by atoms with Gasteiger partial charge in [-0.1, -0.05) is 13.3 Å². The molecular formula is C18H19NO6S. The van der Waals surface area contributed by atoms with Crippen molar-refractivity contribution in [2.24, 2.45) is 0 Å². The molecule has 0 aromatic heterocycles. The number of nitro benzene ring substituents is 1. The lowest BCUT2D eigenvalue weighted by Gasteiger charge is -2.12. The summed E-state index contributed by atoms with van der Waals surface area (Å²) < 4.78 is 17.9. The van der Waals surface area contributed by atoms with E-state index < -0.39 is 21.7 Å². The third-order valence-corrected chi connectivity index (χ3v) is 5.33. The Labute approximate surface area is 153 Å². The molecule has 0 saturated carbocycles. The minimum absolute atomic E-state index is 0.0196. The summed E-state index contributed by atoms with van der Waals surface area (Å²) in [5.41, 5.74) is 0.227. The van der Waals surface area contributed by atoms with E-state index in [1.165, 1.54) is 36.4 Å². The van der Waals surface area contributed by atoms with Crippen molar-refractivity contribution in [3.8, 4) is 5.75 Å². The SMILES string of the molecule is CCCCOC(=O)c1c(O)ccc(S(=O)c2ccc([N+](=O)[O-])cc2)c1C. The van der Waals surface area contributed by atoms with Gasteiger partial charge in [-0.15, -0.1) is 0 Å². The van der Waals surface area contributed by atoms with Crippen LogP contribution in [0.4, 0.5) is 5.69 Å². The van der Waals surface area contributed by atoms with Crippen molar-refractivity contribution >= 4 is 22.5 Å². The summed E-state index contributed by atoms with van der Waals surface area (Å²) in [6, 6.07) is 8.10. The molecular weight excluding hydrogens is 358 g/mol. The first-order valence-electron chi connectivity index (χ1n) is 8.02. The van der Waals surface area contributed by atoms with Gasteiger partial charge in [0.25, 0.3) is 5.69 Å². The zero-order chi connectivity index (χ0) is 19.3. The summed E-state index contributed by atoms with van der Waals surface area (Å²) in [4.78, 5) is 23.1. The van der Waals surface area contributed by atoms with E-state index in [-0.39, 0.29) is 23.6 Å². The van der Waals surface area contributed by atoms with Gasteiger partial charge in [-0.25, -0.2) is 9.00 Å². The predicted molar refractivity (Wildman–Crippen MR) is 95.8 cm³/mol. The first-order valence-corrected chi connectivity index (χ1v) is 9.17. The number of hydrogen-bond acceptors (Lipinski definition) is 6. The minimum atomic E-state index is -1.66. The zero-order valence-electron chi connectivity index (χ0n) is 14.4. The molecule has 138 valence electrons. The molecule has 1 atom stereocenters. The van der Waals surface area contributed by atoms with Gasteiger partial charge in [0.2, 0.25) is 0 Å². The van der Waals surface area contributed by atoms with Gasteiger partial charge in [0.05, 0.1) is 22.3 Å². The highest BCUT2D eigenvalue weighted by molar-refractivity contribution is 7.85. The van der Waals surface area contributed by atoms with Gasteiger partial charge in [0.1, 0.15) is 11.3 Å². The summed E-state index contributed by atoms with van der Waals surface area (Å²) in [6.45, 7) is 3.78. The Hall–Kier alpha value is -2.74. The normalized spacial score (nSPS) is 11.8.